The molecule has 0 atom stereocenters. The third-order valence-electron chi connectivity index (χ3n) is 2.28. The fraction of sp³-hybridized carbons (Fsp3) is 0.167. The van der Waals surface area contributed by atoms with Crippen molar-refractivity contribution in [2.45, 2.75) is 6.92 Å². The van der Waals surface area contributed by atoms with Crippen LogP contribution in [0.5, 0.6) is 0 Å². The number of ether oxygens (including phenoxy) is 1. The molecule has 0 spiro atoms. The lowest BCUT2D eigenvalue weighted by atomic mass is 10.1. The van der Waals surface area contributed by atoms with Crippen LogP contribution >= 0.6 is 0 Å². The number of aromatic nitrogens is 1. The maximum absolute atomic E-state index is 13.3. The number of benzene rings is 1. The number of rotatable bonds is 3. The average molecular weight is 250 g/mol. The van der Waals surface area contributed by atoms with Crippen molar-refractivity contribution in [2.24, 2.45) is 0 Å². The van der Waals surface area contributed by atoms with Crippen LogP contribution in [0.15, 0.2) is 28.8 Å². The van der Waals surface area contributed by atoms with Gasteiger partial charge in [-0.1, -0.05) is 11.2 Å². The zero-order chi connectivity index (χ0) is 13.1. The van der Waals surface area contributed by atoms with Crippen molar-refractivity contribution < 1.29 is 18.4 Å². The second kappa shape index (κ2) is 4.87. The van der Waals surface area contributed by atoms with Gasteiger partial charge >= 0.3 is 5.97 Å². The molecule has 6 heteroatoms. The van der Waals surface area contributed by atoms with Gasteiger partial charge in [0.05, 0.1) is 12.3 Å². The van der Waals surface area contributed by atoms with Gasteiger partial charge < -0.3 is 15.0 Å². The summed E-state index contributed by atoms with van der Waals surface area (Å²) in [4.78, 5) is 11.4. The Kier molecular flexibility index (Phi) is 3.27. The van der Waals surface area contributed by atoms with Gasteiger partial charge in [0, 0.05) is 11.6 Å². The van der Waals surface area contributed by atoms with E-state index in [0.29, 0.717) is 11.3 Å². The Bertz CT molecular complexity index is 580. The van der Waals surface area contributed by atoms with Crippen LogP contribution in [0.1, 0.15) is 17.5 Å². The molecular formula is C12H11FN2O3. The number of nitrogen functional groups attached to an aromatic ring is 1. The predicted molar refractivity (Wildman–Crippen MR) is 62.3 cm³/mol. The highest BCUT2D eigenvalue weighted by molar-refractivity contribution is 5.87. The number of esters is 1. The van der Waals surface area contributed by atoms with E-state index in [-0.39, 0.29) is 18.1 Å². The minimum atomic E-state index is -0.604. The SMILES string of the molecule is CCOC(=O)c1cc(-c2ccc(N)c(F)c2)no1. The van der Waals surface area contributed by atoms with E-state index < -0.39 is 11.8 Å². The Morgan fingerprint density at radius 3 is 2.94 bits per heavy atom. The Balaban J connectivity index is 2.29. The lowest BCUT2D eigenvalue weighted by molar-refractivity contribution is 0.0480. The van der Waals surface area contributed by atoms with E-state index in [4.69, 9.17) is 15.0 Å². The van der Waals surface area contributed by atoms with Crippen molar-refractivity contribution in [1.82, 2.24) is 5.16 Å². The van der Waals surface area contributed by atoms with E-state index in [1.54, 1.807) is 13.0 Å². The monoisotopic (exact) mass is 250 g/mol. The quantitative estimate of drug-likeness (QED) is 0.667. The first-order chi connectivity index (χ1) is 8.61. The highest BCUT2D eigenvalue weighted by Gasteiger charge is 2.15. The molecule has 0 aliphatic rings. The van der Waals surface area contributed by atoms with Crippen LogP contribution in [0, 0.1) is 5.82 Å². The Morgan fingerprint density at radius 1 is 1.50 bits per heavy atom. The summed E-state index contributed by atoms with van der Waals surface area (Å²) in [6, 6.07) is 5.62. The van der Waals surface area contributed by atoms with Crippen LogP contribution in [-0.4, -0.2) is 17.7 Å². The average Bonchev–Trinajstić information content (AvgIpc) is 2.82. The van der Waals surface area contributed by atoms with E-state index in [1.807, 2.05) is 0 Å². The minimum absolute atomic E-state index is 0.0240. The number of hydrogen-bond acceptors (Lipinski definition) is 5. The van der Waals surface area contributed by atoms with Crippen molar-refractivity contribution in [2.75, 3.05) is 12.3 Å². The summed E-state index contributed by atoms with van der Waals surface area (Å²) in [7, 11) is 0. The van der Waals surface area contributed by atoms with E-state index in [9.17, 15) is 9.18 Å². The van der Waals surface area contributed by atoms with Crippen molar-refractivity contribution in [3.05, 3.63) is 35.8 Å². The summed E-state index contributed by atoms with van der Waals surface area (Å²) in [5, 5.41) is 3.68. The van der Waals surface area contributed by atoms with Gasteiger partial charge in [0.25, 0.3) is 0 Å². The molecule has 94 valence electrons. The normalized spacial score (nSPS) is 10.3. The number of nitrogens with two attached hydrogens (primary N) is 1. The predicted octanol–water partition coefficient (Wildman–Crippen LogP) is 2.24. The van der Waals surface area contributed by atoms with Gasteiger partial charge in [-0.15, -0.1) is 0 Å². The number of anilines is 1. The third-order valence-corrected chi connectivity index (χ3v) is 2.28. The number of halogens is 1. The van der Waals surface area contributed by atoms with Crippen molar-refractivity contribution >= 4 is 11.7 Å². The Labute approximate surface area is 102 Å². The highest BCUT2D eigenvalue weighted by atomic mass is 19.1. The molecule has 0 fully saturated rings. The van der Waals surface area contributed by atoms with Crippen LogP contribution in [0.3, 0.4) is 0 Å². The van der Waals surface area contributed by atoms with Gasteiger partial charge in [-0.05, 0) is 19.1 Å². The van der Waals surface area contributed by atoms with Crippen LogP contribution in [-0.2, 0) is 4.74 Å². The maximum Gasteiger partial charge on any atom is 0.377 e. The lowest BCUT2D eigenvalue weighted by Crippen LogP contribution is -2.02. The number of carbonyl (C=O) groups excluding carboxylic acids is 1. The first-order valence-corrected chi connectivity index (χ1v) is 5.31. The fourth-order valence-corrected chi connectivity index (χ4v) is 1.40. The number of nitrogens with zero attached hydrogens (tertiary/aromatic N) is 1. The van der Waals surface area contributed by atoms with E-state index in [1.165, 1.54) is 18.2 Å². The topological polar surface area (TPSA) is 78.4 Å². The standard InChI is InChI=1S/C12H11FN2O3/c1-2-17-12(16)11-6-10(15-18-11)7-3-4-9(14)8(13)5-7/h3-6H,2,14H2,1H3. The summed E-state index contributed by atoms with van der Waals surface area (Å²) in [6.07, 6.45) is 0. The summed E-state index contributed by atoms with van der Waals surface area (Å²) >= 11 is 0. The molecule has 2 N–H and O–H groups in total. The van der Waals surface area contributed by atoms with Gasteiger partial charge in [-0.25, -0.2) is 9.18 Å². The molecule has 0 aliphatic heterocycles. The minimum Gasteiger partial charge on any atom is -0.460 e. The molecule has 1 aromatic carbocycles. The molecule has 0 aliphatic carbocycles. The molecule has 1 heterocycles. The molecule has 2 aromatic rings. The van der Waals surface area contributed by atoms with Crippen LogP contribution in [0.2, 0.25) is 0 Å². The first-order valence-electron chi connectivity index (χ1n) is 5.31. The van der Waals surface area contributed by atoms with Crippen molar-refractivity contribution in [3.63, 3.8) is 0 Å². The second-order valence-corrected chi connectivity index (χ2v) is 3.53. The molecule has 0 saturated carbocycles. The maximum atomic E-state index is 13.3. The van der Waals surface area contributed by atoms with E-state index in [0.717, 1.165) is 0 Å². The molecule has 0 bridgehead atoms. The molecule has 5 nitrogen and oxygen atoms in total. The van der Waals surface area contributed by atoms with Crippen LogP contribution < -0.4 is 5.73 Å². The van der Waals surface area contributed by atoms with E-state index >= 15 is 0 Å². The van der Waals surface area contributed by atoms with Gasteiger partial charge in [0.2, 0.25) is 5.76 Å². The largest absolute Gasteiger partial charge is 0.460 e. The van der Waals surface area contributed by atoms with Crippen molar-refractivity contribution in [1.29, 1.82) is 0 Å². The number of hydrogen-bond donors (Lipinski definition) is 1. The molecule has 0 saturated heterocycles. The molecule has 2 rings (SSSR count). The summed E-state index contributed by atoms with van der Waals surface area (Å²) in [6.45, 7) is 1.93. The molecule has 1 aromatic heterocycles. The molecular weight excluding hydrogens is 239 g/mol. The fourth-order valence-electron chi connectivity index (χ4n) is 1.40. The molecule has 0 unspecified atom stereocenters. The van der Waals surface area contributed by atoms with Gasteiger partial charge in [0.1, 0.15) is 11.5 Å². The van der Waals surface area contributed by atoms with Gasteiger partial charge in [0.15, 0.2) is 0 Å². The highest BCUT2D eigenvalue weighted by Crippen LogP contribution is 2.22. The lowest BCUT2D eigenvalue weighted by Gasteiger charge is -1.98. The van der Waals surface area contributed by atoms with Crippen molar-refractivity contribution in [3.8, 4) is 11.3 Å². The van der Waals surface area contributed by atoms with Crippen LogP contribution in [0.4, 0.5) is 10.1 Å². The Morgan fingerprint density at radius 2 is 2.28 bits per heavy atom. The Hall–Kier alpha value is -2.37. The molecule has 0 amide bonds. The zero-order valence-corrected chi connectivity index (χ0v) is 9.64. The number of carbonyl (C=O) groups is 1. The van der Waals surface area contributed by atoms with Gasteiger partial charge in [-0.2, -0.15) is 0 Å². The van der Waals surface area contributed by atoms with Crippen LogP contribution in [0.25, 0.3) is 11.3 Å². The summed E-state index contributed by atoms with van der Waals surface area (Å²) in [5.74, 6) is -1.18. The van der Waals surface area contributed by atoms with E-state index in [2.05, 4.69) is 5.16 Å². The summed E-state index contributed by atoms with van der Waals surface area (Å²) in [5.41, 5.74) is 6.23. The second-order valence-electron chi connectivity index (χ2n) is 3.53. The van der Waals surface area contributed by atoms with Gasteiger partial charge in [-0.3, -0.25) is 0 Å². The zero-order valence-electron chi connectivity index (χ0n) is 9.64. The molecule has 0 radical (unpaired) electrons. The smallest absolute Gasteiger partial charge is 0.377 e. The third kappa shape index (κ3) is 2.32. The first kappa shape index (κ1) is 12.1. The summed E-state index contributed by atoms with van der Waals surface area (Å²) < 4.78 is 22.9. The molecule has 18 heavy (non-hydrogen) atoms.